The van der Waals surface area contributed by atoms with E-state index in [1.54, 1.807) is 12.1 Å². The van der Waals surface area contributed by atoms with Gasteiger partial charge in [-0.05, 0) is 12.1 Å². The third kappa shape index (κ3) is 3.64. The zero-order chi connectivity index (χ0) is 20.4. The SMILES string of the molecule is Cn1c(=O)c2c(ncn2CC(=O)OCC(=O)Nc2cccnc2Cl)n(C)c1=O. The minimum Gasteiger partial charge on any atom is -0.454 e. The van der Waals surface area contributed by atoms with Crippen molar-refractivity contribution in [3.05, 3.63) is 50.6 Å². The second kappa shape index (κ2) is 7.64. The Morgan fingerprint density at radius 2 is 1.96 bits per heavy atom. The number of anilines is 1. The number of ether oxygens (including phenoxy) is 1. The summed E-state index contributed by atoms with van der Waals surface area (Å²) in [5.74, 6) is -1.36. The van der Waals surface area contributed by atoms with Crippen LogP contribution in [0, 0.1) is 0 Å². The Balaban J connectivity index is 1.69. The number of carbonyl (C=O) groups is 2. The number of hydrogen-bond acceptors (Lipinski definition) is 7. The molecule has 146 valence electrons. The van der Waals surface area contributed by atoms with E-state index < -0.39 is 29.7 Å². The quantitative estimate of drug-likeness (QED) is 0.453. The maximum atomic E-state index is 12.3. The van der Waals surface area contributed by atoms with Crippen LogP contribution >= 0.6 is 11.6 Å². The normalized spacial score (nSPS) is 10.8. The van der Waals surface area contributed by atoms with Crippen molar-refractivity contribution in [3.63, 3.8) is 0 Å². The first-order chi connectivity index (χ1) is 13.3. The number of esters is 1. The molecule has 0 aliphatic heterocycles. The third-order valence-electron chi connectivity index (χ3n) is 3.91. The topological polar surface area (TPSA) is 130 Å². The van der Waals surface area contributed by atoms with Crippen LogP contribution in [-0.2, 0) is 35.0 Å². The molecule has 3 rings (SSSR count). The molecule has 0 saturated carbocycles. The molecule has 3 aromatic heterocycles. The number of carbonyl (C=O) groups excluding carboxylic acids is 2. The van der Waals surface area contributed by atoms with Gasteiger partial charge in [-0.3, -0.25) is 23.5 Å². The van der Waals surface area contributed by atoms with Gasteiger partial charge < -0.3 is 14.6 Å². The van der Waals surface area contributed by atoms with Crippen molar-refractivity contribution in [1.82, 2.24) is 23.7 Å². The number of fused-ring (bicyclic) bond motifs is 1. The van der Waals surface area contributed by atoms with E-state index in [0.717, 1.165) is 4.57 Å². The maximum absolute atomic E-state index is 12.3. The van der Waals surface area contributed by atoms with Crippen LogP contribution in [-0.4, -0.2) is 42.2 Å². The van der Waals surface area contributed by atoms with Crippen LogP contribution in [0.2, 0.25) is 5.15 Å². The molecule has 0 aliphatic carbocycles. The predicted octanol–water partition coefficient (Wildman–Crippen LogP) is -0.336. The molecule has 0 atom stereocenters. The van der Waals surface area contributed by atoms with Gasteiger partial charge in [-0.2, -0.15) is 0 Å². The summed E-state index contributed by atoms with van der Waals surface area (Å²) in [5, 5.41) is 2.57. The molecule has 1 N–H and O–H groups in total. The first-order valence-electron chi connectivity index (χ1n) is 7.96. The maximum Gasteiger partial charge on any atom is 0.332 e. The number of aromatic nitrogens is 5. The Morgan fingerprint density at radius 1 is 1.21 bits per heavy atom. The Kier molecular flexibility index (Phi) is 5.27. The van der Waals surface area contributed by atoms with Gasteiger partial charge in [0.25, 0.3) is 11.5 Å². The summed E-state index contributed by atoms with van der Waals surface area (Å²) in [6, 6.07) is 3.14. The molecule has 1 amide bonds. The molecule has 0 bridgehead atoms. The fourth-order valence-electron chi connectivity index (χ4n) is 2.51. The van der Waals surface area contributed by atoms with E-state index >= 15 is 0 Å². The van der Waals surface area contributed by atoms with Gasteiger partial charge in [0.1, 0.15) is 6.54 Å². The molecule has 0 aromatic carbocycles. The summed E-state index contributed by atoms with van der Waals surface area (Å²) in [5.41, 5.74) is -0.614. The number of rotatable bonds is 5. The molecule has 0 radical (unpaired) electrons. The fourth-order valence-corrected chi connectivity index (χ4v) is 2.68. The van der Waals surface area contributed by atoms with Gasteiger partial charge >= 0.3 is 11.7 Å². The molecule has 28 heavy (non-hydrogen) atoms. The highest BCUT2D eigenvalue weighted by atomic mass is 35.5. The summed E-state index contributed by atoms with van der Waals surface area (Å²) in [6.07, 6.45) is 2.72. The molecule has 11 nitrogen and oxygen atoms in total. The monoisotopic (exact) mass is 406 g/mol. The lowest BCUT2D eigenvalue weighted by molar-refractivity contribution is -0.147. The first-order valence-corrected chi connectivity index (χ1v) is 8.34. The summed E-state index contributed by atoms with van der Waals surface area (Å²) in [7, 11) is 2.79. The van der Waals surface area contributed by atoms with Crippen molar-refractivity contribution in [2.24, 2.45) is 14.1 Å². The van der Waals surface area contributed by atoms with Gasteiger partial charge in [0.15, 0.2) is 22.9 Å². The van der Waals surface area contributed by atoms with Crippen molar-refractivity contribution >= 4 is 40.3 Å². The highest BCUT2D eigenvalue weighted by Crippen LogP contribution is 2.17. The number of halogens is 1. The van der Waals surface area contributed by atoms with Crippen molar-refractivity contribution in [3.8, 4) is 0 Å². The molecule has 3 heterocycles. The number of nitrogens with one attached hydrogen (secondary N) is 1. The van der Waals surface area contributed by atoms with Gasteiger partial charge in [-0.25, -0.2) is 14.8 Å². The largest absolute Gasteiger partial charge is 0.454 e. The molecule has 0 spiro atoms. The van der Waals surface area contributed by atoms with E-state index in [0.29, 0.717) is 0 Å². The van der Waals surface area contributed by atoms with E-state index in [-0.39, 0.29) is 28.5 Å². The molecular weight excluding hydrogens is 392 g/mol. The van der Waals surface area contributed by atoms with Crippen molar-refractivity contribution in [1.29, 1.82) is 0 Å². The highest BCUT2D eigenvalue weighted by Gasteiger charge is 2.17. The smallest absolute Gasteiger partial charge is 0.332 e. The van der Waals surface area contributed by atoms with E-state index in [4.69, 9.17) is 16.3 Å². The standard InChI is InChI=1S/C16H15ClN6O5/c1-21-14-12(15(26)22(2)16(21)27)23(8-19-14)6-11(25)28-7-10(24)20-9-4-3-5-18-13(9)17/h3-5,8H,6-7H2,1-2H3,(H,20,24). The number of amides is 1. The predicted molar refractivity (Wildman–Crippen MR) is 99.1 cm³/mol. The lowest BCUT2D eigenvalue weighted by Crippen LogP contribution is -2.37. The Morgan fingerprint density at radius 3 is 2.68 bits per heavy atom. The second-order valence-corrected chi connectivity index (χ2v) is 6.16. The molecule has 12 heteroatoms. The Bertz CT molecular complexity index is 1190. The minimum atomic E-state index is -0.761. The number of hydrogen-bond donors (Lipinski definition) is 1. The van der Waals surface area contributed by atoms with E-state index in [1.807, 2.05) is 0 Å². The highest BCUT2D eigenvalue weighted by molar-refractivity contribution is 6.32. The van der Waals surface area contributed by atoms with Crippen LogP contribution in [0.1, 0.15) is 0 Å². The third-order valence-corrected chi connectivity index (χ3v) is 4.22. The van der Waals surface area contributed by atoms with Crippen LogP contribution in [0.4, 0.5) is 5.69 Å². The Labute approximate surface area is 162 Å². The average molecular weight is 407 g/mol. The minimum absolute atomic E-state index is 0.0770. The van der Waals surface area contributed by atoms with Gasteiger partial charge in [-0.1, -0.05) is 11.6 Å². The first kappa shape index (κ1) is 19.3. The molecule has 0 unspecified atom stereocenters. The van der Waals surface area contributed by atoms with Gasteiger partial charge in [0.05, 0.1) is 12.0 Å². The van der Waals surface area contributed by atoms with Crippen molar-refractivity contribution in [2.75, 3.05) is 11.9 Å². The molecule has 0 aliphatic rings. The average Bonchev–Trinajstić information content (AvgIpc) is 3.08. The van der Waals surface area contributed by atoms with Crippen LogP contribution < -0.4 is 16.6 Å². The van der Waals surface area contributed by atoms with Crippen LogP contribution in [0.25, 0.3) is 11.2 Å². The van der Waals surface area contributed by atoms with Crippen molar-refractivity contribution < 1.29 is 14.3 Å². The number of aryl methyl sites for hydroxylation is 1. The van der Waals surface area contributed by atoms with Crippen LogP contribution in [0.15, 0.2) is 34.2 Å². The molecule has 0 fully saturated rings. The summed E-state index contributed by atoms with van der Waals surface area (Å²) in [6.45, 7) is -0.905. The van der Waals surface area contributed by atoms with E-state index in [2.05, 4.69) is 15.3 Å². The van der Waals surface area contributed by atoms with Gasteiger partial charge in [0, 0.05) is 20.3 Å². The second-order valence-electron chi connectivity index (χ2n) is 5.80. The number of imidazole rings is 1. The Hall–Kier alpha value is -3.47. The summed E-state index contributed by atoms with van der Waals surface area (Å²) in [4.78, 5) is 56.0. The zero-order valence-electron chi connectivity index (χ0n) is 14.9. The van der Waals surface area contributed by atoms with Crippen LogP contribution in [0.5, 0.6) is 0 Å². The lowest BCUT2D eigenvalue weighted by Gasteiger charge is -2.08. The molecular formula is C16H15ClN6O5. The summed E-state index contributed by atoms with van der Waals surface area (Å²) < 4.78 is 8.29. The molecule has 3 aromatic rings. The van der Waals surface area contributed by atoms with Crippen molar-refractivity contribution in [2.45, 2.75) is 6.54 Å². The summed E-state index contributed by atoms with van der Waals surface area (Å²) >= 11 is 5.83. The van der Waals surface area contributed by atoms with E-state index in [9.17, 15) is 19.2 Å². The van der Waals surface area contributed by atoms with Gasteiger partial charge in [-0.15, -0.1) is 0 Å². The van der Waals surface area contributed by atoms with E-state index in [1.165, 1.54) is 35.8 Å². The number of nitrogens with zero attached hydrogens (tertiary/aromatic N) is 5. The van der Waals surface area contributed by atoms with Crippen LogP contribution in [0.3, 0.4) is 0 Å². The van der Waals surface area contributed by atoms with Gasteiger partial charge in [0.2, 0.25) is 0 Å². The fraction of sp³-hybridized carbons (Fsp3) is 0.250. The zero-order valence-corrected chi connectivity index (χ0v) is 15.6. The molecule has 0 saturated heterocycles. The number of pyridine rings is 1. The lowest BCUT2D eigenvalue weighted by atomic mass is 10.4.